The summed E-state index contributed by atoms with van der Waals surface area (Å²) in [6, 6.07) is 6.92. The average molecular weight is 192 g/mol. The van der Waals surface area contributed by atoms with Gasteiger partial charge in [0.15, 0.2) is 0 Å². The lowest BCUT2D eigenvalue weighted by atomic mass is 10.1. The van der Waals surface area contributed by atoms with E-state index in [0.29, 0.717) is 21.8 Å². The molecule has 0 heterocycles. The molecule has 0 aliphatic heterocycles. The summed E-state index contributed by atoms with van der Waals surface area (Å²) in [5, 5.41) is 17.5. The molecule has 0 amide bonds. The second kappa shape index (κ2) is 3.80. The van der Waals surface area contributed by atoms with Gasteiger partial charge in [0.25, 0.3) is 0 Å². The molecule has 0 aliphatic carbocycles. The van der Waals surface area contributed by atoms with Gasteiger partial charge >= 0.3 is 0 Å². The van der Waals surface area contributed by atoms with Crippen molar-refractivity contribution in [3.8, 4) is 12.1 Å². The zero-order valence-corrected chi connectivity index (χ0v) is 7.47. The van der Waals surface area contributed by atoms with Crippen LogP contribution in [0.2, 0.25) is 5.02 Å². The fourth-order valence-electron chi connectivity index (χ4n) is 0.955. The summed E-state index contributed by atoms with van der Waals surface area (Å²) >= 11 is 5.80. The molecule has 1 aromatic rings. The number of nitrogens with two attached hydrogens (primary N) is 1. The van der Waals surface area contributed by atoms with E-state index in [1.165, 1.54) is 6.07 Å². The van der Waals surface area contributed by atoms with Gasteiger partial charge in [-0.25, -0.2) is 0 Å². The highest BCUT2D eigenvalue weighted by molar-refractivity contribution is 6.31. The standard InChI is InChI=1S/C9H6ClN3/c10-8-3-7(5-12)9(13)4-6(8)1-2-11/h3-4H,1,13H2. The fraction of sp³-hybridized carbons (Fsp3) is 0.111. The molecule has 0 aromatic heterocycles. The quantitative estimate of drug-likeness (QED) is 0.689. The highest BCUT2D eigenvalue weighted by Gasteiger charge is 2.05. The molecule has 0 atom stereocenters. The molecule has 1 rings (SSSR count). The molecule has 2 N–H and O–H groups in total. The molecule has 0 radical (unpaired) electrons. The number of rotatable bonds is 1. The van der Waals surface area contributed by atoms with Crippen molar-refractivity contribution in [2.45, 2.75) is 6.42 Å². The monoisotopic (exact) mass is 191 g/mol. The Morgan fingerprint density at radius 3 is 2.62 bits per heavy atom. The van der Waals surface area contributed by atoms with Gasteiger partial charge in [0.1, 0.15) is 6.07 Å². The first-order valence-corrected chi connectivity index (χ1v) is 3.91. The first-order valence-electron chi connectivity index (χ1n) is 3.54. The van der Waals surface area contributed by atoms with Crippen molar-refractivity contribution in [1.82, 2.24) is 0 Å². The number of nitrogen functional groups attached to an aromatic ring is 1. The van der Waals surface area contributed by atoms with E-state index in [9.17, 15) is 0 Å². The van der Waals surface area contributed by atoms with Crippen molar-refractivity contribution in [2.75, 3.05) is 5.73 Å². The summed E-state index contributed by atoms with van der Waals surface area (Å²) in [5.74, 6) is 0. The molecule has 0 spiro atoms. The van der Waals surface area contributed by atoms with Gasteiger partial charge < -0.3 is 5.73 Å². The lowest BCUT2D eigenvalue weighted by Crippen LogP contribution is -1.93. The minimum absolute atomic E-state index is 0.203. The molecule has 4 heteroatoms. The Labute approximate surface area is 81.0 Å². The number of nitriles is 2. The molecule has 0 bridgehead atoms. The van der Waals surface area contributed by atoms with E-state index in [0.717, 1.165) is 0 Å². The highest BCUT2D eigenvalue weighted by atomic mass is 35.5. The molecular formula is C9H6ClN3. The van der Waals surface area contributed by atoms with Gasteiger partial charge in [-0.15, -0.1) is 0 Å². The van der Waals surface area contributed by atoms with Crippen LogP contribution in [0.1, 0.15) is 11.1 Å². The predicted octanol–water partition coefficient (Wildman–Crippen LogP) is 1.86. The fourth-order valence-corrected chi connectivity index (χ4v) is 1.19. The number of nitrogens with zero attached hydrogens (tertiary/aromatic N) is 2. The zero-order valence-electron chi connectivity index (χ0n) is 6.71. The number of halogens is 1. The third-order valence-electron chi connectivity index (χ3n) is 1.61. The molecule has 13 heavy (non-hydrogen) atoms. The Morgan fingerprint density at radius 1 is 1.38 bits per heavy atom. The number of anilines is 1. The Morgan fingerprint density at radius 2 is 2.08 bits per heavy atom. The van der Waals surface area contributed by atoms with Gasteiger partial charge in [-0.2, -0.15) is 10.5 Å². The summed E-state index contributed by atoms with van der Waals surface area (Å²) in [7, 11) is 0. The zero-order chi connectivity index (χ0) is 9.84. The van der Waals surface area contributed by atoms with E-state index >= 15 is 0 Å². The first-order chi connectivity index (χ1) is 6.19. The van der Waals surface area contributed by atoms with Crippen LogP contribution in [0.3, 0.4) is 0 Å². The smallest absolute Gasteiger partial charge is 0.101 e. The molecule has 0 saturated carbocycles. The summed E-state index contributed by atoms with van der Waals surface area (Å²) in [4.78, 5) is 0. The topological polar surface area (TPSA) is 73.6 Å². The summed E-state index contributed by atoms with van der Waals surface area (Å²) in [5.41, 5.74) is 6.89. The Kier molecular flexibility index (Phi) is 2.74. The van der Waals surface area contributed by atoms with Crippen molar-refractivity contribution < 1.29 is 0 Å². The number of hydrogen-bond donors (Lipinski definition) is 1. The summed E-state index contributed by atoms with van der Waals surface area (Å²) in [6.45, 7) is 0. The average Bonchev–Trinajstić information content (AvgIpc) is 2.11. The van der Waals surface area contributed by atoms with Crippen molar-refractivity contribution in [2.24, 2.45) is 0 Å². The van der Waals surface area contributed by atoms with E-state index in [1.807, 2.05) is 12.1 Å². The Balaban J connectivity index is 3.24. The second-order valence-corrected chi connectivity index (χ2v) is 2.88. The van der Waals surface area contributed by atoms with E-state index in [-0.39, 0.29) is 6.42 Å². The molecule has 0 aliphatic rings. The molecule has 0 fully saturated rings. The van der Waals surface area contributed by atoms with Gasteiger partial charge in [0.2, 0.25) is 0 Å². The van der Waals surface area contributed by atoms with E-state index < -0.39 is 0 Å². The van der Waals surface area contributed by atoms with Crippen LogP contribution in [0.4, 0.5) is 5.69 Å². The maximum atomic E-state index is 8.61. The lowest BCUT2D eigenvalue weighted by molar-refractivity contribution is 1.26. The van der Waals surface area contributed by atoms with Gasteiger partial charge in [-0.3, -0.25) is 0 Å². The third-order valence-corrected chi connectivity index (χ3v) is 1.96. The van der Waals surface area contributed by atoms with Crippen molar-refractivity contribution in [1.29, 1.82) is 10.5 Å². The first kappa shape index (κ1) is 9.38. The van der Waals surface area contributed by atoms with Crippen LogP contribution in [0, 0.1) is 22.7 Å². The molecule has 0 unspecified atom stereocenters. The van der Waals surface area contributed by atoms with Gasteiger partial charge in [-0.1, -0.05) is 11.6 Å². The van der Waals surface area contributed by atoms with Crippen LogP contribution >= 0.6 is 11.6 Å². The van der Waals surface area contributed by atoms with Crippen LogP contribution in [0.25, 0.3) is 0 Å². The minimum atomic E-state index is 0.203. The molecular weight excluding hydrogens is 186 g/mol. The minimum Gasteiger partial charge on any atom is -0.398 e. The Bertz CT molecular complexity index is 412. The van der Waals surface area contributed by atoms with E-state index in [4.69, 9.17) is 27.9 Å². The van der Waals surface area contributed by atoms with Crippen LogP contribution in [-0.4, -0.2) is 0 Å². The molecule has 64 valence electrons. The van der Waals surface area contributed by atoms with Crippen LogP contribution in [-0.2, 0) is 6.42 Å². The number of hydrogen-bond acceptors (Lipinski definition) is 3. The van der Waals surface area contributed by atoms with Crippen LogP contribution < -0.4 is 5.73 Å². The second-order valence-electron chi connectivity index (χ2n) is 2.48. The molecule has 1 aromatic carbocycles. The van der Waals surface area contributed by atoms with Crippen molar-refractivity contribution >= 4 is 17.3 Å². The normalized spacial score (nSPS) is 8.85. The van der Waals surface area contributed by atoms with Crippen LogP contribution in [0.15, 0.2) is 12.1 Å². The van der Waals surface area contributed by atoms with E-state index in [2.05, 4.69) is 0 Å². The SMILES string of the molecule is N#CCc1cc(N)c(C#N)cc1Cl. The van der Waals surface area contributed by atoms with Crippen LogP contribution in [0.5, 0.6) is 0 Å². The Hall–Kier alpha value is -1.71. The van der Waals surface area contributed by atoms with E-state index in [1.54, 1.807) is 6.07 Å². The third kappa shape index (κ3) is 1.90. The molecule has 3 nitrogen and oxygen atoms in total. The largest absolute Gasteiger partial charge is 0.398 e. The lowest BCUT2D eigenvalue weighted by Gasteiger charge is -2.02. The van der Waals surface area contributed by atoms with Crippen molar-refractivity contribution in [3.63, 3.8) is 0 Å². The number of benzene rings is 1. The van der Waals surface area contributed by atoms with Gasteiger partial charge in [-0.05, 0) is 17.7 Å². The highest BCUT2D eigenvalue weighted by Crippen LogP contribution is 2.22. The van der Waals surface area contributed by atoms with Gasteiger partial charge in [0, 0.05) is 10.7 Å². The van der Waals surface area contributed by atoms with Crippen molar-refractivity contribution in [3.05, 3.63) is 28.3 Å². The predicted molar refractivity (Wildman–Crippen MR) is 49.9 cm³/mol. The van der Waals surface area contributed by atoms with Gasteiger partial charge in [0.05, 0.1) is 18.1 Å². The maximum absolute atomic E-state index is 8.61. The summed E-state index contributed by atoms with van der Waals surface area (Å²) in [6.07, 6.45) is 0.203. The molecule has 0 saturated heterocycles. The summed E-state index contributed by atoms with van der Waals surface area (Å²) < 4.78 is 0. The maximum Gasteiger partial charge on any atom is 0.101 e.